The van der Waals surface area contributed by atoms with Crippen LogP contribution < -0.4 is 14.2 Å². The Labute approximate surface area is 218 Å². The van der Waals surface area contributed by atoms with Gasteiger partial charge in [-0.1, -0.05) is 82.9 Å². The first kappa shape index (κ1) is 29.7. The van der Waals surface area contributed by atoms with E-state index >= 15 is 0 Å². The zero-order valence-corrected chi connectivity index (χ0v) is 22.9. The van der Waals surface area contributed by atoms with Crippen LogP contribution in [0.25, 0.3) is 16.7 Å². The normalized spacial score (nSPS) is 10.9. The summed E-state index contributed by atoms with van der Waals surface area (Å²) < 4.78 is 28.2. The van der Waals surface area contributed by atoms with E-state index in [0.29, 0.717) is 18.1 Å². The van der Waals surface area contributed by atoms with Crippen LogP contribution in [0.2, 0.25) is 0 Å². The summed E-state index contributed by atoms with van der Waals surface area (Å²) in [5.41, 5.74) is 3.79. The lowest BCUT2D eigenvalue weighted by molar-refractivity contribution is 0.0499. The summed E-state index contributed by atoms with van der Waals surface area (Å²) in [6.45, 7) is 9.29. The molecule has 5 nitrogen and oxygen atoms in total. The van der Waals surface area contributed by atoms with Crippen molar-refractivity contribution in [1.82, 2.24) is 0 Å². The highest BCUT2D eigenvalue weighted by molar-refractivity contribution is 5.79. The Morgan fingerprint density at radius 1 is 0.667 bits per heavy atom. The molecule has 0 N–H and O–H groups in total. The number of hydrogen-bond donors (Lipinski definition) is 0. The second-order valence-electron chi connectivity index (χ2n) is 9.28. The van der Waals surface area contributed by atoms with Gasteiger partial charge in [0, 0.05) is 31.4 Å². The van der Waals surface area contributed by atoms with Gasteiger partial charge < -0.3 is 23.7 Å². The molecule has 0 unspecified atom stereocenters. The van der Waals surface area contributed by atoms with Crippen molar-refractivity contribution in [2.24, 2.45) is 0 Å². The zero-order chi connectivity index (χ0) is 26.0. The lowest BCUT2D eigenvalue weighted by atomic mass is 9.99. The topological polar surface area (TPSA) is 46.2 Å². The molecule has 0 aliphatic rings. The maximum Gasteiger partial charge on any atom is 0.188 e. The molecule has 0 amide bonds. The van der Waals surface area contributed by atoms with Gasteiger partial charge in [0.15, 0.2) is 13.6 Å². The predicted molar refractivity (Wildman–Crippen MR) is 149 cm³/mol. The van der Waals surface area contributed by atoms with Crippen LogP contribution in [0.5, 0.6) is 17.2 Å². The molecule has 2 aromatic carbocycles. The van der Waals surface area contributed by atoms with Crippen LogP contribution in [-0.2, 0) is 9.47 Å². The highest BCUT2D eigenvalue weighted by Crippen LogP contribution is 2.40. The highest BCUT2D eigenvalue weighted by atomic mass is 16.7. The lowest BCUT2D eigenvalue weighted by Crippen LogP contribution is -2.04. The van der Waals surface area contributed by atoms with Gasteiger partial charge in [0.2, 0.25) is 0 Å². The van der Waals surface area contributed by atoms with E-state index in [0.717, 1.165) is 34.4 Å². The van der Waals surface area contributed by atoms with Crippen molar-refractivity contribution >= 4 is 5.57 Å². The molecule has 2 aromatic rings. The summed E-state index contributed by atoms with van der Waals surface area (Å²) in [5, 5.41) is 0. The van der Waals surface area contributed by atoms with E-state index < -0.39 is 0 Å². The number of rotatable bonds is 20. The van der Waals surface area contributed by atoms with Crippen LogP contribution in [0.15, 0.2) is 43.0 Å². The number of benzene rings is 2. The summed E-state index contributed by atoms with van der Waals surface area (Å²) in [7, 11) is 3.22. The Balaban J connectivity index is 1.97. The third-order valence-corrected chi connectivity index (χ3v) is 6.15. The molecule has 0 aliphatic carbocycles. The van der Waals surface area contributed by atoms with Crippen molar-refractivity contribution in [2.75, 3.05) is 34.4 Å². The predicted octanol–water partition coefficient (Wildman–Crippen LogP) is 8.65. The minimum Gasteiger partial charge on any atom is -0.493 e. The Kier molecular flexibility index (Phi) is 14.7. The average Bonchev–Trinajstić information content (AvgIpc) is 2.89. The third-order valence-electron chi connectivity index (χ3n) is 6.15. The minimum absolute atomic E-state index is 0.146. The maximum atomic E-state index is 6.05. The molecule has 200 valence electrons. The fourth-order valence-electron chi connectivity index (χ4n) is 4.09. The standard InChI is InChI=1S/C31H46O5/c1-6-7-8-9-10-11-12-13-14-15-20-34-27-17-19-29(31(22-27)36-24-33-5)28-18-16-26(25(2)3)21-30(28)35-23-32-4/h16-19,21-22H,2,6-15,20,23-24H2,1,3-5H3. The minimum atomic E-state index is 0.146. The van der Waals surface area contributed by atoms with Gasteiger partial charge in [-0.2, -0.15) is 0 Å². The van der Waals surface area contributed by atoms with Gasteiger partial charge in [0.1, 0.15) is 17.2 Å². The molecular weight excluding hydrogens is 452 g/mol. The van der Waals surface area contributed by atoms with E-state index in [2.05, 4.69) is 13.5 Å². The van der Waals surface area contributed by atoms with Gasteiger partial charge >= 0.3 is 0 Å². The number of methoxy groups -OCH3 is 2. The molecule has 0 bridgehead atoms. The number of hydrogen-bond acceptors (Lipinski definition) is 5. The Bertz CT molecular complexity index is 893. The largest absolute Gasteiger partial charge is 0.493 e. The monoisotopic (exact) mass is 498 g/mol. The van der Waals surface area contributed by atoms with E-state index in [1.165, 1.54) is 57.8 Å². The molecule has 0 saturated carbocycles. The van der Waals surface area contributed by atoms with E-state index in [1.807, 2.05) is 43.3 Å². The van der Waals surface area contributed by atoms with Crippen LogP contribution in [0, 0.1) is 0 Å². The van der Waals surface area contributed by atoms with Crippen LogP contribution in [-0.4, -0.2) is 34.4 Å². The third kappa shape index (κ3) is 10.6. The molecular formula is C31H46O5. The summed E-state index contributed by atoms with van der Waals surface area (Å²) in [4.78, 5) is 0. The summed E-state index contributed by atoms with van der Waals surface area (Å²) in [6.07, 6.45) is 13.1. The Hall–Kier alpha value is -2.50. The molecule has 0 radical (unpaired) electrons. The average molecular weight is 499 g/mol. The first-order valence-electron chi connectivity index (χ1n) is 13.4. The van der Waals surface area contributed by atoms with Crippen LogP contribution >= 0.6 is 0 Å². The summed E-state index contributed by atoms with van der Waals surface area (Å²) in [5.74, 6) is 2.18. The van der Waals surface area contributed by atoms with E-state index in [9.17, 15) is 0 Å². The quantitative estimate of drug-likeness (QED) is 0.135. The van der Waals surface area contributed by atoms with E-state index in [4.69, 9.17) is 23.7 Å². The van der Waals surface area contributed by atoms with Gasteiger partial charge in [0.25, 0.3) is 0 Å². The number of allylic oxidation sites excluding steroid dienone is 1. The molecule has 36 heavy (non-hydrogen) atoms. The molecule has 0 aromatic heterocycles. The molecule has 2 rings (SSSR count). The van der Waals surface area contributed by atoms with Crippen molar-refractivity contribution in [3.05, 3.63) is 48.5 Å². The Morgan fingerprint density at radius 2 is 1.19 bits per heavy atom. The number of unbranched alkanes of at least 4 members (excludes halogenated alkanes) is 9. The van der Waals surface area contributed by atoms with Crippen LogP contribution in [0.3, 0.4) is 0 Å². The van der Waals surface area contributed by atoms with Gasteiger partial charge in [-0.3, -0.25) is 0 Å². The Morgan fingerprint density at radius 3 is 1.75 bits per heavy atom. The SMILES string of the molecule is C=C(C)c1ccc(-c2ccc(OCCCCCCCCCCCC)cc2OCOC)c(OCOC)c1. The van der Waals surface area contributed by atoms with Gasteiger partial charge in [-0.25, -0.2) is 0 Å². The van der Waals surface area contributed by atoms with E-state index in [-0.39, 0.29) is 13.6 Å². The molecule has 5 heteroatoms. The second kappa shape index (κ2) is 17.9. The van der Waals surface area contributed by atoms with Crippen molar-refractivity contribution < 1.29 is 23.7 Å². The molecule has 0 fully saturated rings. The molecule has 0 atom stereocenters. The fourth-order valence-corrected chi connectivity index (χ4v) is 4.09. The fraction of sp³-hybridized carbons (Fsp3) is 0.548. The summed E-state index contributed by atoms with van der Waals surface area (Å²) in [6, 6.07) is 12.0. The van der Waals surface area contributed by atoms with Crippen molar-refractivity contribution in [2.45, 2.75) is 78.1 Å². The summed E-state index contributed by atoms with van der Waals surface area (Å²) >= 11 is 0. The smallest absolute Gasteiger partial charge is 0.188 e. The van der Waals surface area contributed by atoms with Crippen molar-refractivity contribution in [3.63, 3.8) is 0 Å². The van der Waals surface area contributed by atoms with Crippen LogP contribution in [0.1, 0.15) is 83.6 Å². The number of ether oxygens (including phenoxy) is 5. The first-order valence-corrected chi connectivity index (χ1v) is 13.4. The van der Waals surface area contributed by atoms with Gasteiger partial charge in [-0.05, 0) is 43.2 Å². The van der Waals surface area contributed by atoms with Gasteiger partial charge in [0.05, 0.1) is 6.61 Å². The van der Waals surface area contributed by atoms with Crippen molar-refractivity contribution in [1.29, 1.82) is 0 Å². The van der Waals surface area contributed by atoms with Gasteiger partial charge in [-0.15, -0.1) is 0 Å². The molecule has 0 spiro atoms. The molecule has 0 saturated heterocycles. The highest BCUT2D eigenvalue weighted by Gasteiger charge is 2.15. The first-order chi connectivity index (χ1) is 17.6. The van der Waals surface area contributed by atoms with E-state index in [1.54, 1.807) is 14.2 Å². The van der Waals surface area contributed by atoms with Crippen LogP contribution in [0.4, 0.5) is 0 Å². The molecule has 0 aliphatic heterocycles. The lowest BCUT2D eigenvalue weighted by Gasteiger charge is -2.17. The second-order valence-corrected chi connectivity index (χ2v) is 9.28. The van der Waals surface area contributed by atoms with Crippen molar-refractivity contribution in [3.8, 4) is 28.4 Å². The zero-order valence-electron chi connectivity index (χ0n) is 22.9. The molecule has 0 heterocycles. The maximum absolute atomic E-state index is 6.05.